The van der Waals surface area contributed by atoms with Crippen LogP contribution in [-0.4, -0.2) is 55.5 Å². The number of pyridine rings is 1. The third-order valence-electron chi connectivity index (χ3n) is 4.16. The summed E-state index contributed by atoms with van der Waals surface area (Å²) in [5, 5.41) is 11.8. The van der Waals surface area contributed by atoms with Crippen LogP contribution < -0.4 is 19.7 Å². The lowest BCUT2D eigenvalue weighted by molar-refractivity contribution is 0.0812. The van der Waals surface area contributed by atoms with Crippen LogP contribution in [0.4, 0.5) is 5.82 Å². The summed E-state index contributed by atoms with van der Waals surface area (Å²) in [6.45, 7) is 1.50. The number of nitrogens with zero attached hydrogens (tertiary/aromatic N) is 2. The van der Waals surface area contributed by atoms with Gasteiger partial charge in [0.05, 0.1) is 12.2 Å². The van der Waals surface area contributed by atoms with E-state index in [0.717, 1.165) is 11.5 Å². The second-order valence-corrected chi connectivity index (χ2v) is 6.09. The minimum absolute atomic E-state index is 0.0534. The monoisotopic (exact) mass is 357 g/mol. The van der Waals surface area contributed by atoms with Crippen LogP contribution in [0.25, 0.3) is 0 Å². The molecule has 0 spiro atoms. The van der Waals surface area contributed by atoms with E-state index in [1.165, 1.54) is 6.20 Å². The summed E-state index contributed by atoms with van der Waals surface area (Å²) in [6.07, 6.45) is 2.11. The molecule has 1 aliphatic rings. The van der Waals surface area contributed by atoms with Gasteiger partial charge in [-0.3, -0.25) is 4.79 Å². The van der Waals surface area contributed by atoms with Gasteiger partial charge in [-0.15, -0.1) is 0 Å². The number of aromatic nitrogens is 1. The molecule has 1 atom stereocenters. The molecule has 3 rings (SSSR count). The second kappa shape index (κ2) is 8.53. The van der Waals surface area contributed by atoms with E-state index in [-0.39, 0.29) is 18.6 Å². The number of carbonyl (C=O) groups is 1. The van der Waals surface area contributed by atoms with Crippen molar-refractivity contribution in [3.05, 3.63) is 48.2 Å². The Kier molecular flexibility index (Phi) is 5.91. The SMILES string of the molecule is CN(CCO)c1ccc(C(=O)NCCC2COc3ccccc3O2)cn1. The van der Waals surface area contributed by atoms with Crippen LogP contribution in [0.2, 0.25) is 0 Å². The van der Waals surface area contributed by atoms with Crippen molar-refractivity contribution in [3.8, 4) is 11.5 Å². The molecule has 0 fully saturated rings. The van der Waals surface area contributed by atoms with Crippen LogP contribution in [0, 0.1) is 0 Å². The van der Waals surface area contributed by atoms with E-state index in [1.54, 1.807) is 12.1 Å². The number of hydrogen-bond acceptors (Lipinski definition) is 6. The molecule has 0 bridgehead atoms. The molecule has 2 N–H and O–H groups in total. The number of para-hydroxylation sites is 2. The molecule has 0 radical (unpaired) electrons. The summed E-state index contributed by atoms with van der Waals surface area (Å²) < 4.78 is 11.5. The van der Waals surface area contributed by atoms with Crippen LogP contribution in [0.3, 0.4) is 0 Å². The fourth-order valence-electron chi connectivity index (χ4n) is 2.66. The quantitative estimate of drug-likeness (QED) is 0.781. The molecule has 26 heavy (non-hydrogen) atoms. The molecule has 0 saturated heterocycles. The Hall–Kier alpha value is -2.80. The Balaban J connectivity index is 1.46. The lowest BCUT2D eigenvalue weighted by Crippen LogP contribution is -2.34. The van der Waals surface area contributed by atoms with Crippen molar-refractivity contribution in [3.63, 3.8) is 0 Å². The van der Waals surface area contributed by atoms with Crippen LogP contribution in [0.15, 0.2) is 42.6 Å². The molecule has 2 heterocycles. The number of aliphatic hydroxyl groups is 1. The standard InChI is InChI=1S/C19H23N3O4/c1-22(10-11-23)18-7-6-14(12-21-18)19(24)20-9-8-15-13-25-16-4-2-3-5-17(16)26-15/h2-7,12,15,23H,8-11,13H2,1H3,(H,20,24). The third-order valence-corrected chi connectivity index (χ3v) is 4.16. The Labute approximate surface area is 152 Å². The number of hydrogen-bond donors (Lipinski definition) is 2. The van der Waals surface area contributed by atoms with Gasteiger partial charge in [0.15, 0.2) is 11.5 Å². The van der Waals surface area contributed by atoms with E-state index in [1.807, 2.05) is 36.2 Å². The van der Waals surface area contributed by atoms with Gasteiger partial charge >= 0.3 is 0 Å². The fraction of sp³-hybridized carbons (Fsp3) is 0.368. The van der Waals surface area contributed by atoms with Crippen molar-refractivity contribution in [2.45, 2.75) is 12.5 Å². The van der Waals surface area contributed by atoms with Gasteiger partial charge in [0, 0.05) is 32.8 Å². The molecule has 1 unspecified atom stereocenters. The Bertz CT molecular complexity index is 736. The molecule has 0 saturated carbocycles. The number of likely N-dealkylation sites (N-methyl/N-ethyl adjacent to an activating group) is 1. The predicted octanol–water partition coefficient (Wildman–Crippen LogP) is 1.47. The number of nitrogens with one attached hydrogen (secondary N) is 1. The van der Waals surface area contributed by atoms with E-state index < -0.39 is 0 Å². The van der Waals surface area contributed by atoms with Gasteiger partial charge in [-0.2, -0.15) is 0 Å². The van der Waals surface area contributed by atoms with Crippen molar-refractivity contribution in [1.82, 2.24) is 10.3 Å². The molecule has 7 heteroatoms. The first kappa shape index (κ1) is 18.0. The Morgan fingerprint density at radius 1 is 1.31 bits per heavy atom. The number of carbonyl (C=O) groups excluding carboxylic acids is 1. The van der Waals surface area contributed by atoms with Gasteiger partial charge in [-0.1, -0.05) is 12.1 Å². The zero-order chi connectivity index (χ0) is 18.4. The first-order valence-electron chi connectivity index (χ1n) is 8.62. The lowest BCUT2D eigenvalue weighted by atomic mass is 10.2. The van der Waals surface area contributed by atoms with Crippen molar-refractivity contribution in [2.24, 2.45) is 0 Å². The first-order chi connectivity index (χ1) is 12.7. The third kappa shape index (κ3) is 4.43. The average Bonchev–Trinajstić information content (AvgIpc) is 2.68. The van der Waals surface area contributed by atoms with Gasteiger partial charge in [-0.25, -0.2) is 4.98 Å². The molecule has 1 amide bonds. The summed E-state index contributed by atoms with van der Waals surface area (Å²) >= 11 is 0. The molecule has 1 aromatic carbocycles. The number of fused-ring (bicyclic) bond motifs is 1. The smallest absolute Gasteiger partial charge is 0.252 e. The molecule has 0 aliphatic carbocycles. The number of aliphatic hydroxyl groups excluding tert-OH is 1. The second-order valence-electron chi connectivity index (χ2n) is 6.09. The van der Waals surface area contributed by atoms with Crippen molar-refractivity contribution >= 4 is 11.7 Å². The highest BCUT2D eigenvalue weighted by molar-refractivity contribution is 5.94. The molecule has 7 nitrogen and oxygen atoms in total. The van der Waals surface area contributed by atoms with E-state index in [4.69, 9.17) is 14.6 Å². The highest BCUT2D eigenvalue weighted by atomic mass is 16.6. The summed E-state index contributed by atoms with van der Waals surface area (Å²) in [5.74, 6) is 2.03. The highest BCUT2D eigenvalue weighted by Gasteiger charge is 2.20. The maximum atomic E-state index is 12.2. The number of benzene rings is 1. The van der Waals surface area contributed by atoms with Crippen LogP contribution >= 0.6 is 0 Å². The summed E-state index contributed by atoms with van der Waals surface area (Å²) in [4.78, 5) is 18.3. The molecule has 2 aromatic rings. The van der Waals surface area contributed by atoms with Crippen LogP contribution in [0.5, 0.6) is 11.5 Å². The highest BCUT2D eigenvalue weighted by Crippen LogP contribution is 2.31. The van der Waals surface area contributed by atoms with Crippen molar-refractivity contribution < 1.29 is 19.4 Å². The van der Waals surface area contributed by atoms with Crippen molar-refractivity contribution in [2.75, 3.05) is 38.3 Å². The fourth-order valence-corrected chi connectivity index (χ4v) is 2.66. The van der Waals surface area contributed by atoms with Gasteiger partial charge in [-0.05, 0) is 24.3 Å². The van der Waals surface area contributed by atoms with Gasteiger partial charge < -0.3 is 24.8 Å². The lowest BCUT2D eigenvalue weighted by Gasteiger charge is -2.26. The molecular weight excluding hydrogens is 334 g/mol. The van der Waals surface area contributed by atoms with E-state index in [9.17, 15) is 4.79 Å². The summed E-state index contributed by atoms with van der Waals surface area (Å²) in [5.41, 5.74) is 0.498. The van der Waals surface area contributed by atoms with Crippen molar-refractivity contribution in [1.29, 1.82) is 0 Å². The topological polar surface area (TPSA) is 83.9 Å². The first-order valence-corrected chi connectivity index (χ1v) is 8.62. The predicted molar refractivity (Wildman–Crippen MR) is 97.9 cm³/mol. The van der Waals surface area contributed by atoms with E-state index in [2.05, 4.69) is 10.3 Å². The van der Waals surface area contributed by atoms with Crippen LogP contribution in [0.1, 0.15) is 16.8 Å². The summed E-state index contributed by atoms with van der Waals surface area (Å²) in [6, 6.07) is 11.1. The van der Waals surface area contributed by atoms with Gasteiger partial charge in [0.2, 0.25) is 0 Å². The zero-order valence-electron chi connectivity index (χ0n) is 14.7. The number of amides is 1. The molecule has 1 aliphatic heterocycles. The maximum absolute atomic E-state index is 12.2. The number of ether oxygens (including phenoxy) is 2. The van der Waals surface area contributed by atoms with E-state index >= 15 is 0 Å². The van der Waals surface area contributed by atoms with Gasteiger partial charge in [0.1, 0.15) is 18.5 Å². The molecular formula is C19H23N3O4. The largest absolute Gasteiger partial charge is 0.486 e. The number of rotatable bonds is 7. The zero-order valence-corrected chi connectivity index (χ0v) is 14.7. The normalized spacial score (nSPS) is 15.4. The number of anilines is 1. The molecule has 138 valence electrons. The minimum atomic E-state index is -0.175. The Morgan fingerprint density at radius 2 is 2.12 bits per heavy atom. The van der Waals surface area contributed by atoms with E-state index in [0.29, 0.717) is 37.5 Å². The Morgan fingerprint density at radius 3 is 2.85 bits per heavy atom. The van der Waals surface area contributed by atoms with Gasteiger partial charge in [0.25, 0.3) is 5.91 Å². The summed E-state index contributed by atoms with van der Waals surface area (Å²) in [7, 11) is 1.84. The van der Waals surface area contributed by atoms with Crippen LogP contribution in [-0.2, 0) is 0 Å². The molecule has 1 aromatic heterocycles. The minimum Gasteiger partial charge on any atom is -0.486 e. The maximum Gasteiger partial charge on any atom is 0.252 e. The average molecular weight is 357 g/mol.